The lowest BCUT2D eigenvalue weighted by molar-refractivity contribution is -0.144. The van der Waals surface area contributed by atoms with Crippen LogP contribution in [0.4, 0.5) is 4.39 Å². The van der Waals surface area contributed by atoms with Crippen LogP contribution in [0, 0.1) is 11.7 Å². The minimum Gasteiger partial charge on any atom is -0.494 e. The maximum absolute atomic E-state index is 14.7. The highest BCUT2D eigenvalue weighted by atomic mass is 19.1. The average Bonchev–Trinajstić information content (AvgIpc) is 3.20. The van der Waals surface area contributed by atoms with E-state index in [0.29, 0.717) is 22.6 Å². The van der Waals surface area contributed by atoms with E-state index >= 15 is 0 Å². The van der Waals surface area contributed by atoms with Crippen LogP contribution in [-0.2, 0) is 48.0 Å². The van der Waals surface area contributed by atoms with Gasteiger partial charge < -0.3 is 40.0 Å². The van der Waals surface area contributed by atoms with Crippen LogP contribution in [-0.4, -0.2) is 111 Å². The fourth-order valence-corrected chi connectivity index (χ4v) is 6.78. The third-order valence-corrected chi connectivity index (χ3v) is 10.2. The fraction of sp³-hybridized carbons (Fsp3) is 0.429. The Morgan fingerprint density at radius 3 is 1.67 bits per heavy atom. The molecule has 306 valence electrons. The lowest BCUT2D eigenvalue weighted by atomic mass is 9.88. The molecule has 1 heterocycles. The van der Waals surface area contributed by atoms with Gasteiger partial charge in [-0.15, -0.1) is 0 Å². The van der Waals surface area contributed by atoms with Crippen LogP contribution in [0.25, 0.3) is 0 Å². The molecule has 15 heteroatoms. The van der Waals surface area contributed by atoms with Gasteiger partial charge in [0.1, 0.15) is 24.2 Å². The molecule has 0 saturated carbocycles. The summed E-state index contributed by atoms with van der Waals surface area (Å²) in [5.74, 6) is -4.50. The van der Waals surface area contributed by atoms with Crippen molar-refractivity contribution >= 4 is 35.3 Å². The molecule has 0 spiro atoms. The van der Waals surface area contributed by atoms with Crippen molar-refractivity contribution < 1.29 is 47.4 Å². The molecule has 3 aromatic carbocycles. The first-order valence-corrected chi connectivity index (χ1v) is 18.6. The van der Waals surface area contributed by atoms with E-state index in [0.717, 1.165) is 10.5 Å². The predicted molar refractivity (Wildman–Crippen MR) is 209 cm³/mol. The molecule has 4 rings (SSSR count). The summed E-state index contributed by atoms with van der Waals surface area (Å²) in [5, 5.41) is 8.00. The van der Waals surface area contributed by atoms with Gasteiger partial charge in [-0.2, -0.15) is 0 Å². The van der Waals surface area contributed by atoms with Crippen LogP contribution >= 0.6 is 0 Å². The summed E-state index contributed by atoms with van der Waals surface area (Å²) < 4.78 is 30.6. The van der Waals surface area contributed by atoms with Crippen LogP contribution in [0.15, 0.2) is 66.7 Å². The highest BCUT2D eigenvalue weighted by Crippen LogP contribution is 2.29. The van der Waals surface area contributed by atoms with Gasteiger partial charge in [0.25, 0.3) is 0 Å². The lowest BCUT2D eigenvalue weighted by Gasteiger charge is -2.33. The van der Waals surface area contributed by atoms with Crippen molar-refractivity contribution in [2.24, 2.45) is 5.92 Å². The molecule has 1 saturated heterocycles. The van der Waals surface area contributed by atoms with E-state index in [-0.39, 0.29) is 31.4 Å². The molecule has 1 aliphatic rings. The molecule has 1 aliphatic heterocycles. The summed E-state index contributed by atoms with van der Waals surface area (Å²) >= 11 is 0. The molecule has 0 unspecified atom stereocenters. The number of nitrogens with zero attached hydrogens (tertiary/aromatic N) is 2. The molecule has 0 aromatic heterocycles. The molecular weight excluding hydrogens is 737 g/mol. The Bertz CT molecular complexity index is 1940. The van der Waals surface area contributed by atoms with Crippen LogP contribution < -0.4 is 30.2 Å². The molecule has 57 heavy (non-hydrogen) atoms. The Morgan fingerprint density at radius 1 is 0.579 bits per heavy atom. The molecule has 5 amide bonds. The lowest BCUT2D eigenvalue weighted by Crippen LogP contribution is -2.59. The monoisotopic (exact) mass is 789 g/mol. The average molecular weight is 790 g/mol. The number of ether oxygens (including phenoxy) is 3. The summed E-state index contributed by atoms with van der Waals surface area (Å²) in [6.07, 6.45) is -0.305. The number of carbonyl (C=O) groups is 6. The van der Waals surface area contributed by atoms with E-state index in [1.54, 1.807) is 36.4 Å². The summed E-state index contributed by atoms with van der Waals surface area (Å²) in [6.45, 7) is 4.34. The third-order valence-electron chi connectivity index (χ3n) is 10.2. The highest BCUT2D eigenvalue weighted by Gasteiger charge is 2.37. The second-order valence-electron chi connectivity index (χ2n) is 14.2. The topological polar surface area (TPSA) is 173 Å². The number of hydrogen-bond donors (Lipinski definition) is 3. The van der Waals surface area contributed by atoms with Crippen molar-refractivity contribution in [2.75, 3.05) is 35.4 Å². The Labute approximate surface area is 332 Å². The van der Waals surface area contributed by atoms with Crippen LogP contribution in [0.5, 0.6) is 17.2 Å². The molecule has 0 aliphatic carbocycles. The van der Waals surface area contributed by atoms with E-state index in [4.69, 9.17) is 14.2 Å². The second-order valence-corrected chi connectivity index (χ2v) is 14.2. The normalized spacial score (nSPS) is 23.2. The predicted octanol–water partition coefficient (Wildman–Crippen LogP) is 2.64. The number of halogens is 1. The van der Waals surface area contributed by atoms with E-state index in [1.807, 2.05) is 18.2 Å². The van der Waals surface area contributed by atoms with Gasteiger partial charge in [0, 0.05) is 32.9 Å². The number of amides is 5. The molecule has 6 atom stereocenters. The summed E-state index contributed by atoms with van der Waals surface area (Å²) in [7, 11) is 7.11. The number of likely N-dealkylation sites (N-methyl/N-ethyl adjacent to an activating group) is 2. The summed E-state index contributed by atoms with van der Waals surface area (Å²) in [5.41, 5.74) is 1.76. The van der Waals surface area contributed by atoms with Gasteiger partial charge in [-0.05, 0) is 74.6 Å². The molecule has 0 radical (unpaired) electrons. The van der Waals surface area contributed by atoms with E-state index in [1.165, 1.54) is 73.2 Å². The Kier molecular flexibility index (Phi) is 15.1. The van der Waals surface area contributed by atoms with Crippen molar-refractivity contribution in [3.63, 3.8) is 0 Å². The van der Waals surface area contributed by atoms with Crippen LogP contribution in [0.3, 0.4) is 0 Å². The first-order chi connectivity index (χ1) is 27.1. The minimum atomic E-state index is -1.26. The number of hydrogen-bond acceptors (Lipinski definition) is 9. The second kappa shape index (κ2) is 19.7. The third kappa shape index (κ3) is 11.1. The largest absolute Gasteiger partial charge is 0.494 e. The van der Waals surface area contributed by atoms with Gasteiger partial charge in [-0.1, -0.05) is 42.5 Å². The molecule has 1 fully saturated rings. The van der Waals surface area contributed by atoms with Gasteiger partial charge >= 0.3 is 0 Å². The maximum atomic E-state index is 14.7. The van der Waals surface area contributed by atoms with Crippen molar-refractivity contribution in [1.82, 2.24) is 25.8 Å². The fourth-order valence-electron chi connectivity index (χ4n) is 6.78. The smallest absolute Gasteiger partial charge is 0.245 e. The maximum Gasteiger partial charge on any atom is 0.245 e. The molecule has 3 N–H and O–H groups in total. The van der Waals surface area contributed by atoms with Crippen molar-refractivity contribution in [3.8, 4) is 17.2 Å². The number of Topliss-reactive ketones (excluding diaryl/α,β-unsaturated/α-hetero) is 1. The molecular formula is C42H52FN5O9. The standard InChI is InChI=1S/C42H52FN5O9/c1-24-38(50)45-25(2)42(54)48(5)33(21-29-14-16-35(55-6)31(43)19-29)40(52)46-26(3)41(53)47(4)32(20-27-12-10-9-11-13-27)34(49)23-30(39(51)44-24)18-28-15-17-36(56-7)37(22-28)57-8/h9-17,19,22,24-26,30,32-33H,18,20-21,23H2,1-8H3,(H,44,51)(H,45,50)(H,46,52)/t24-,25+,26+,30-,32+,33+/m1/s1. The van der Waals surface area contributed by atoms with Crippen molar-refractivity contribution in [1.29, 1.82) is 0 Å². The van der Waals surface area contributed by atoms with Crippen molar-refractivity contribution in [2.45, 2.75) is 76.7 Å². The number of benzene rings is 3. The zero-order valence-corrected chi connectivity index (χ0v) is 33.6. The number of ketones is 1. The van der Waals surface area contributed by atoms with Crippen molar-refractivity contribution in [3.05, 3.63) is 89.2 Å². The van der Waals surface area contributed by atoms with Gasteiger partial charge in [-0.3, -0.25) is 28.8 Å². The molecule has 0 bridgehead atoms. The minimum absolute atomic E-state index is 0.0102. The van der Waals surface area contributed by atoms with Crippen LogP contribution in [0.1, 0.15) is 43.9 Å². The number of carbonyl (C=O) groups excluding carboxylic acids is 6. The first-order valence-electron chi connectivity index (χ1n) is 18.6. The van der Waals surface area contributed by atoms with Gasteiger partial charge in [0.2, 0.25) is 29.5 Å². The quantitative estimate of drug-likeness (QED) is 0.295. The zero-order valence-electron chi connectivity index (χ0n) is 33.6. The van der Waals surface area contributed by atoms with Gasteiger partial charge in [0.05, 0.1) is 27.4 Å². The van der Waals surface area contributed by atoms with E-state index in [9.17, 15) is 33.2 Å². The molecule has 14 nitrogen and oxygen atoms in total. The zero-order chi connectivity index (χ0) is 42.0. The Morgan fingerprint density at radius 2 is 1.09 bits per heavy atom. The highest BCUT2D eigenvalue weighted by molar-refractivity contribution is 5.98. The molecule has 3 aromatic rings. The number of methoxy groups -OCH3 is 3. The SMILES string of the molecule is COc1ccc(C[C@H]2C(=O)N[C@@H](C)C(=O)N(C)[C@@H](Cc3ccccc3)C(=O)C[C@@H](Cc3ccc(OC)c(OC)c3)C(=O)N[C@H](C)C(=O)N[C@@H](C)C(=O)N2C)cc1F. The summed E-state index contributed by atoms with van der Waals surface area (Å²) in [4.78, 5) is 86.2. The van der Waals surface area contributed by atoms with Gasteiger partial charge in [0.15, 0.2) is 28.8 Å². The number of nitrogens with one attached hydrogen (secondary N) is 3. The summed E-state index contributed by atoms with van der Waals surface area (Å²) in [6, 6.07) is 12.5. The van der Waals surface area contributed by atoms with Crippen LogP contribution in [0.2, 0.25) is 0 Å². The van der Waals surface area contributed by atoms with E-state index in [2.05, 4.69) is 16.0 Å². The van der Waals surface area contributed by atoms with Gasteiger partial charge in [-0.25, -0.2) is 4.39 Å². The van der Waals surface area contributed by atoms with E-state index < -0.39 is 77.3 Å². The Balaban J connectivity index is 1.75. The Hall–Kier alpha value is -5.99. The first kappa shape index (κ1) is 43.7. The number of rotatable bonds is 9.